The molecule has 3 rings (SSSR count). The summed E-state index contributed by atoms with van der Waals surface area (Å²) in [6.45, 7) is 0. The van der Waals surface area contributed by atoms with Crippen molar-refractivity contribution >= 4 is 23.2 Å². The minimum atomic E-state index is -1.08. The second-order valence-corrected chi connectivity index (χ2v) is 6.23. The average molecular weight is 321 g/mol. The minimum absolute atomic E-state index is 0.126. The molecule has 0 atom stereocenters. The lowest BCUT2D eigenvalue weighted by Crippen LogP contribution is -2.59. The van der Waals surface area contributed by atoms with Crippen LogP contribution in [0.3, 0.4) is 0 Å². The second kappa shape index (κ2) is 5.88. The molecule has 0 aliphatic heterocycles. The Bertz CT molecular complexity index is 676. The Balaban J connectivity index is 1.54. The number of aryl methyl sites for hydroxylation is 1. The fourth-order valence-electron chi connectivity index (χ4n) is 2.33. The summed E-state index contributed by atoms with van der Waals surface area (Å²) in [5, 5.41) is 17.6. The standard InChI is InChI=1S/C14H15N3O4S/c18-10(16-14(13(19)20)6-2-7-14)4-5-11-15-12(17-21-11)9-3-1-8-22-9/h1,3,8H,2,4-7H2,(H,16,18)(H,19,20). The summed E-state index contributed by atoms with van der Waals surface area (Å²) in [4.78, 5) is 28.2. The molecule has 2 aromatic heterocycles. The fourth-order valence-corrected chi connectivity index (χ4v) is 2.98. The van der Waals surface area contributed by atoms with Crippen LogP contribution in [0.5, 0.6) is 0 Å². The molecule has 1 saturated carbocycles. The first-order chi connectivity index (χ1) is 10.6. The van der Waals surface area contributed by atoms with Crippen LogP contribution in [0, 0.1) is 0 Å². The van der Waals surface area contributed by atoms with Gasteiger partial charge in [0.25, 0.3) is 0 Å². The molecule has 0 bridgehead atoms. The Morgan fingerprint density at radius 2 is 2.27 bits per heavy atom. The van der Waals surface area contributed by atoms with E-state index in [9.17, 15) is 14.7 Å². The summed E-state index contributed by atoms with van der Waals surface area (Å²) >= 11 is 1.51. The Kier molecular flexibility index (Phi) is 3.93. The van der Waals surface area contributed by atoms with Gasteiger partial charge in [0, 0.05) is 12.8 Å². The van der Waals surface area contributed by atoms with Gasteiger partial charge in [-0.15, -0.1) is 11.3 Å². The number of hydrogen-bond donors (Lipinski definition) is 2. The van der Waals surface area contributed by atoms with E-state index in [4.69, 9.17) is 4.52 Å². The van der Waals surface area contributed by atoms with Crippen molar-refractivity contribution in [1.82, 2.24) is 15.5 Å². The molecular weight excluding hydrogens is 306 g/mol. The van der Waals surface area contributed by atoms with E-state index in [-0.39, 0.29) is 12.3 Å². The van der Waals surface area contributed by atoms with Crippen LogP contribution in [-0.2, 0) is 16.0 Å². The molecule has 2 aromatic rings. The number of carbonyl (C=O) groups is 2. The van der Waals surface area contributed by atoms with Crippen molar-refractivity contribution in [2.75, 3.05) is 0 Å². The number of aromatic nitrogens is 2. The average Bonchev–Trinajstić information content (AvgIpc) is 3.10. The summed E-state index contributed by atoms with van der Waals surface area (Å²) < 4.78 is 5.11. The van der Waals surface area contributed by atoms with Crippen molar-refractivity contribution in [2.45, 2.75) is 37.6 Å². The molecule has 8 heteroatoms. The van der Waals surface area contributed by atoms with Gasteiger partial charge in [-0.25, -0.2) is 4.79 Å². The van der Waals surface area contributed by atoms with Crippen molar-refractivity contribution in [3.8, 4) is 10.7 Å². The fraction of sp³-hybridized carbons (Fsp3) is 0.429. The van der Waals surface area contributed by atoms with E-state index >= 15 is 0 Å². The smallest absolute Gasteiger partial charge is 0.329 e. The van der Waals surface area contributed by atoms with Crippen LogP contribution >= 0.6 is 11.3 Å². The van der Waals surface area contributed by atoms with Gasteiger partial charge < -0.3 is 14.9 Å². The van der Waals surface area contributed by atoms with Gasteiger partial charge in [0.2, 0.25) is 17.6 Å². The van der Waals surface area contributed by atoms with Gasteiger partial charge >= 0.3 is 5.97 Å². The first kappa shape index (κ1) is 14.7. The maximum absolute atomic E-state index is 11.9. The van der Waals surface area contributed by atoms with E-state index in [1.54, 1.807) is 0 Å². The number of nitrogens with one attached hydrogen (secondary N) is 1. The number of carboxylic acids is 1. The lowest BCUT2D eigenvalue weighted by molar-refractivity contribution is -0.151. The summed E-state index contributed by atoms with van der Waals surface area (Å²) in [6.07, 6.45) is 2.20. The quantitative estimate of drug-likeness (QED) is 0.841. The van der Waals surface area contributed by atoms with Gasteiger partial charge in [0.05, 0.1) is 4.88 Å². The summed E-state index contributed by atoms with van der Waals surface area (Å²) in [7, 11) is 0. The molecule has 116 valence electrons. The number of nitrogens with zero attached hydrogens (tertiary/aromatic N) is 2. The highest BCUT2D eigenvalue weighted by molar-refractivity contribution is 7.13. The molecule has 2 N–H and O–H groups in total. The molecule has 0 unspecified atom stereocenters. The van der Waals surface area contributed by atoms with Crippen molar-refractivity contribution in [3.05, 3.63) is 23.4 Å². The van der Waals surface area contributed by atoms with Gasteiger partial charge in [-0.2, -0.15) is 4.98 Å². The van der Waals surface area contributed by atoms with Crippen LogP contribution in [0.4, 0.5) is 0 Å². The predicted molar refractivity (Wildman–Crippen MR) is 78.3 cm³/mol. The van der Waals surface area contributed by atoms with E-state index < -0.39 is 11.5 Å². The number of amides is 1. The van der Waals surface area contributed by atoms with E-state index in [1.165, 1.54) is 11.3 Å². The van der Waals surface area contributed by atoms with Crippen molar-refractivity contribution in [2.24, 2.45) is 0 Å². The van der Waals surface area contributed by atoms with Crippen LogP contribution in [-0.4, -0.2) is 32.7 Å². The van der Waals surface area contributed by atoms with E-state index in [0.717, 1.165) is 11.3 Å². The maximum Gasteiger partial charge on any atom is 0.329 e. The van der Waals surface area contributed by atoms with Gasteiger partial charge in [0.1, 0.15) is 5.54 Å². The number of hydrogen-bond acceptors (Lipinski definition) is 6. The number of aliphatic carboxylic acids is 1. The molecule has 1 fully saturated rings. The number of carboxylic acid groups (broad SMARTS) is 1. The summed E-state index contributed by atoms with van der Waals surface area (Å²) in [5.74, 6) is -0.397. The highest BCUT2D eigenvalue weighted by Crippen LogP contribution is 2.32. The Hall–Kier alpha value is -2.22. The number of rotatable bonds is 6. The van der Waals surface area contributed by atoms with Crippen molar-refractivity contribution < 1.29 is 19.2 Å². The Labute approximate surface area is 130 Å². The summed E-state index contributed by atoms with van der Waals surface area (Å²) in [5.41, 5.74) is -1.08. The van der Waals surface area contributed by atoms with Crippen LogP contribution in [0.15, 0.2) is 22.0 Å². The Morgan fingerprint density at radius 1 is 1.45 bits per heavy atom. The zero-order valence-corrected chi connectivity index (χ0v) is 12.6. The first-order valence-corrected chi connectivity index (χ1v) is 7.88. The largest absolute Gasteiger partial charge is 0.480 e. The molecule has 0 spiro atoms. The first-order valence-electron chi connectivity index (χ1n) is 7.00. The highest BCUT2D eigenvalue weighted by Gasteiger charge is 2.45. The maximum atomic E-state index is 11.9. The lowest BCUT2D eigenvalue weighted by Gasteiger charge is -2.38. The van der Waals surface area contributed by atoms with Crippen molar-refractivity contribution in [3.63, 3.8) is 0 Å². The molecular formula is C14H15N3O4S. The van der Waals surface area contributed by atoms with Crippen molar-refractivity contribution in [1.29, 1.82) is 0 Å². The normalized spacial score (nSPS) is 16.0. The molecule has 0 aromatic carbocycles. The highest BCUT2D eigenvalue weighted by atomic mass is 32.1. The predicted octanol–water partition coefficient (Wildman–Crippen LogP) is 1.85. The van der Waals surface area contributed by atoms with Gasteiger partial charge in [-0.3, -0.25) is 4.79 Å². The topological polar surface area (TPSA) is 105 Å². The molecule has 2 heterocycles. The molecule has 1 aliphatic rings. The van der Waals surface area contributed by atoms with Crippen LogP contribution in [0.1, 0.15) is 31.6 Å². The summed E-state index contributed by atoms with van der Waals surface area (Å²) in [6, 6.07) is 3.78. The van der Waals surface area contributed by atoms with Gasteiger partial charge in [-0.05, 0) is 30.7 Å². The zero-order valence-electron chi connectivity index (χ0n) is 11.7. The van der Waals surface area contributed by atoms with E-state index in [0.29, 0.717) is 31.0 Å². The van der Waals surface area contributed by atoms with Crippen LogP contribution in [0.25, 0.3) is 10.7 Å². The third-order valence-corrected chi connectivity index (χ3v) is 4.64. The van der Waals surface area contributed by atoms with Gasteiger partial charge in [0.15, 0.2) is 0 Å². The minimum Gasteiger partial charge on any atom is -0.480 e. The van der Waals surface area contributed by atoms with Crippen LogP contribution in [0.2, 0.25) is 0 Å². The second-order valence-electron chi connectivity index (χ2n) is 5.28. The SMILES string of the molecule is O=C(CCc1nc(-c2cccs2)no1)NC1(C(=O)O)CCC1. The van der Waals surface area contributed by atoms with Crippen LogP contribution < -0.4 is 5.32 Å². The molecule has 1 amide bonds. The van der Waals surface area contributed by atoms with E-state index in [2.05, 4.69) is 15.5 Å². The molecule has 0 saturated heterocycles. The Morgan fingerprint density at radius 3 is 2.86 bits per heavy atom. The number of carbonyl (C=O) groups excluding carboxylic acids is 1. The molecule has 0 radical (unpaired) electrons. The van der Waals surface area contributed by atoms with E-state index in [1.807, 2.05) is 17.5 Å². The third-order valence-electron chi connectivity index (χ3n) is 3.77. The third kappa shape index (κ3) is 2.87. The monoisotopic (exact) mass is 321 g/mol. The molecule has 7 nitrogen and oxygen atoms in total. The molecule has 1 aliphatic carbocycles. The van der Waals surface area contributed by atoms with Gasteiger partial charge in [-0.1, -0.05) is 11.2 Å². The molecule has 22 heavy (non-hydrogen) atoms. The lowest BCUT2D eigenvalue weighted by atomic mass is 9.76. The number of thiophene rings is 1. The zero-order chi connectivity index (χ0) is 15.6.